The van der Waals surface area contributed by atoms with Gasteiger partial charge in [0.15, 0.2) is 11.5 Å². The summed E-state index contributed by atoms with van der Waals surface area (Å²) >= 11 is 0. The Balaban J connectivity index is 1.35. The van der Waals surface area contributed by atoms with Gasteiger partial charge >= 0.3 is 0 Å². The van der Waals surface area contributed by atoms with Gasteiger partial charge in [-0.3, -0.25) is 0 Å². The third kappa shape index (κ3) is 2.32. The van der Waals surface area contributed by atoms with Crippen LogP contribution in [0.4, 0.5) is 11.6 Å². The topological polar surface area (TPSA) is 75.3 Å². The van der Waals surface area contributed by atoms with Crippen LogP contribution in [0.3, 0.4) is 0 Å². The van der Waals surface area contributed by atoms with E-state index in [1.165, 1.54) is 5.56 Å². The largest absolute Gasteiger partial charge is 0.356 e. The van der Waals surface area contributed by atoms with E-state index in [-0.39, 0.29) is 0 Å². The van der Waals surface area contributed by atoms with Crippen molar-refractivity contribution in [3.05, 3.63) is 35.5 Å². The van der Waals surface area contributed by atoms with Crippen molar-refractivity contribution in [2.75, 3.05) is 36.0 Å². The highest BCUT2D eigenvalue weighted by Crippen LogP contribution is 2.36. The molecule has 2 fully saturated rings. The number of anilines is 2. The van der Waals surface area contributed by atoms with Gasteiger partial charge in [-0.2, -0.15) is 4.52 Å². The maximum Gasteiger partial charge on any atom is 0.178 e. The lowest BCUT2D eigenvalue weighted by molar-refractivity contribution is 0.533. The molecule has 2 aliphatic heterocycles. The van der Waals surface area contributed by atoms with Gasteiger partial charge in [-0.25, -0.2) is 9.97 Å². The number of fused-ring (bicyclic) bond motifs is 2. The molecular formula is C18H22N8. The molecule has 0 aliphatic carbocycles. The predicted molar refractivity (Wildman–Crippen MR) is 98.4 cm³/mol. The lowest BCUT2D eigenvalue weighted by atomic mass is 10.0. The van der Waals surface area contributed by atoms with E-state index in [2.05, 4.69) is 43.0 Å². The van der Waals surface area contributed by atoms with Gasteiger partial charge in [0, 0.05) is 49.3 Å². The van der Waals surface area contributed by atoms with E-state index in [1.54, 1.807) is 6.33 Å². The number of nitrogens with zero attached hydrogens (tertiary/aromatic N) is 8. The van der Waals surface area contributed by atoms with Gasteiger partial charge in [0.25, 0.3) is 0 Å². The van der Waals surface area contributed by atoms with Crippen molar-refractivity contribution in [3.8, 4) is 0 Å². The van der Waals surface area contributed by atoms with E-state index in [9.17, 15) is 0 Å². The lowest BCUT2D eigenvalue weighted by Gasteiger charge is -2.24. The van der Waals surface area contributed by atoms with E-state index < -0.39 is 0 Å². The van der Waals surface area contributed by atoms with Crippen LogP contribution in [-0.4, -0.2) is 56.0 Å². The first-order valence-electron chi connectivity index (χ1n) is 9.07. The molecule has 2 atom stereocenters. The first kappa shape index (κ1) is 15.5. The first-order chi connectivity index (χ1) is 12.6. The van der Waals surface area contributed by atoms with Crippen LogP contribution >= 0.6 is 0 Å². The Hall–Kier alpha value is -2.77. The third-order valence-corrected chi connectivity index (χ3v) is 5.82. The van der Waals surface area contributed by atoms with Crippen molar-refractivity contribution >= 4 is 17.3 Å². The van der Waals surface area contributed by atoms with E-state index in [0.717, 1.165) is 55.0 Å². The van der Waals surface area contributed by atoms with Crippen molar-refractivity contribution < 1.29 is 0 Å². The molecule has 0 N–H and O–H groups in total. The molecule has 8 nitrogen and oxygen atoms in total. The average molecular weight is 350 g/mol. The molecule has 5 rings (SSSR count). The van der Waals surface area contributed by atoms with Gasteiger partial charge < -0.3 is 9.80 Å². The molecule has 3 aromatic rings. The summed E-state index contributed by atoms with van der Waals surface area (Å²) in [6, 6.07) is 4.05. The Morgan fingerprint density at radius 2 is 1.62 bits per heavy atom. The monoisotopic (exact) mass is 350 g/mol. The maximum atomic E-state index is 4.73. The van der Waals surface area contributed by atoms with Gasteiger partial charge in [-0.1, -0.05) is 0 Å². The average Bonchev–Trinajstić information content (AvgIpc) is 3.30. The molecule has 3 aromatic heterocycles. The summed E-state index contributed by atoms with van der Waals surface area (Å²) in [6.07, 6.45) is 1.68. The van der Waals surface area contributed by atoms with Gasteiger partial charge in [0.2, 0.25) is 0 Å². The van der Waals surface area contributed by atoms with Crippen molar-refractivity contribution in [3.63, 3.8) is 0 Å². The Kier molecular flexibility index (Phi) is 3.35. The Bertz CT molecular complexity index is 966. The standard InChI is InChI=1S/C18H22N8/c1-11-12(2)19-10-20-18(11)25-8-14-6-24(7-15(14)9-25)17-5-4-16-22-21-13(3)26(16)23-17/h4-5,10,14-15H,6-9H2,1-3H3. The second kappa shape index (κ2) is 5.62. The number of aromatic nitrogens is 6. The number of hydrogen-bond acceptors (Lipinski definition) is 7. The van der Waals surface area contributed by atoms with Crippen molar-refractivity contribution in [1.29, 1.82) is 0 Å². The van der Waals surface area contributed by atoms with Gasteiger partial charge in [0.1, 0.15) is 18.0 Å². The van der Waals surface area contributed by atoms with E-state index >= 15 is 0 Å². The van der Waals surface area contributed by atoms with Crippen LogP contribution in [-0.2, 0) is 0 Å². The molecular weight excluding hydrogens is 328 g/mol. The summed E-state index contributed by atoms with van der Waals surface area (Å²) < 4.78 is 1.82. The van der Waals surface area contributed by atoms with Crippen LogP contribution in [0.1, 0.15) is 17.1 Å². The molecule has 8 heteroatoms. The van der Waals surface area contributed by atoms with Crippen molar-refractivity contribution in [2.45, 2.75) is 20.8 Å². The molecule has 26 heavy (non-hydrogen) atoms. The molecule has 0 bridgehead atoms. The summed E-state index contributed by atoms with van der Waals surface area (Å²) in [6.45, 7) is 10.3. The molecule has 0 aromatic carbocycles. The quantitative estimate of drug-likeness (QED) is 0.692. The minimum absolute atomic E-state index is 0.643. The SMILES string of the molecule is Cc1ncnc(N2CC3CN(c4ccc5nnc(C)n5n4)CC3C2)c1C. The van der Waals surface area contributed by atoms with Gasteiger partial charge in [0.05, 0.1) is 0 Å². The minimum atomic E-state index is 0.643. The zero-order valence-corrected chi connectivity index (χ0v) is 15.3. The zero-order chi connectivity index (χ0) is 17.8. The zero-order valence-electron chi connectivity index (χ0n) is 15.3. The molecule has 134 valence electrons. The van der Waals surface area contributed by atoms with E-state index in [1.807, 2.05) is 24.4 Å². The number of aryl methyl sites for hydroxylation is 2. The molecule has 2 aliphatic rings. The highest BCUT2D eigenvalue weighted by Gasteiger charge is 2.41. The summed E-state index contributed by atoms with van der Waals surface area (Å²) in [5.41, 5.74) is 3.06. The molecule has 0 amide bonds. The van der Waals surface area contributed by atoms with Crippen LogP contribution in [0.25, 0.3) is 5.65 Å². The first-order valence-corrected chi connectivity index (χ1v) is 9.07. The second-order valence-corrected chi connectivity index (χ2v) is 7.45. The Morgan fingerprint density at radius 3 is 2.38 bits per heavy atom. The summed E-state index contributed by atoms with van der Waals surface area (Å²) in [5, 5.41) is 12.9. The number of rotatable bonds is 2. The second-order valence-electron chi connectivity index (χ2n) is 7.45. The van der Waals surface area contributed by atoms with E-state index in [0.29, 0.717) is 11.8 Å². The van der Waals surface area contributed by atoms with Crippen LogP contribution in [0, 0.1) is 32.6 Å². The highest BCUT2D eigenvalue weighted by molar-refractivity contribution is 5.51. The molecule has 2 saturated heterocycles. The molecule has 5 heterocycles. The molecule has 0 radical (unpaired) electrons. The fourth-order valence-electron chi connectivity index (χ4n) is 4.25. The van der Waals surface area contributed by atoms with Crippen LogP contribution in [0.5, 0.6) is 0 Å². The fraction of sp³-hybridized carbons (Fsp3) is 0.500. The molecule has 0 saturated carbocycles. The van der Waals surface area contributed by atoms with Crippen LogP contribution in [0.2, 0.25) is 0 Å². The third-order valence-electron chi connectivity index (χ3n) is 5.82. The molecule has 0 spiro atoms. The highest BCUT2D eigenvalue weighted by atomic mass is 15.4. The van der Waals surface area contributed by atoms with Gasteiger partial charge in [-0.15, -0.1) is 15.3 Å². The fourth-order valence-corrected chi connectivity index (χ4v) is 4.25. The Morgan fingerprint density at radius 1 is 0.885 bits per heavy atom. The summed E-state index contributed by atoms with van der Waals surface area (Å²) in [4.78, 5) is 13.7. The maximum absolute atomic E-state index is 4.73. The lowest BCUT2D eigenvalue weighted by Crippen LogP contribution is -2.30. The normalized spacial score (nSPS) is 22.4. The predicted octanol–water partition coefficient (Wildman–Crippen LogP) is 1.41. The van der Waals surface area contributed by atoms with Crippen molar-refractivity contribution in [2.24, 2.45) is 11.8 Å². The smallest absolute Gasteiger partial charge is 0.178 e. The summed E-state index contributed by atoms with van der Waals surface area (Å²) in [5.74, 6) is 4.21. The van der Waals surface area contributed by atoms with E-state index in [4.69, 9.17) is 5.10 Å². The van der Waals surface area contributed by atoms with Crippen LogP contribution in [0.15, 0.2) is 18.5 Å². The summed E-state index contributed by atoms with van der Waals surface area (Å²) in [7, 11) is 0. The van der Waals surface area contributed by atoms with Crippen LogP contribution < -0.4 is 9.80 Å². The minimum Gasteiger partial charge on any atom is -0.356 e. The van der Waals surface area contributed by atoms with Crippen molar-refractivity contribution in [1.82, 2.24) is 29.8 Å². The molecule has 2 unspecified atom stereocenters. The number of hydrogen-bond donors (Lipinski definition) is 0. The Labute approximate surface area is 151 Å². The van der Waals surface area contributed by atoms with Gasteiger partial charge in [-0.05, 0) is 32.9 Å².